The van der Waals surface area contributed by atoms with E-state index in [0.717, 1.165) is 17.1 Å². The Morgan fingerprint density at radius 1 is 0.750 bits per heavy atom. The summed E-state index contributed by atoms with van der Waals surface area (Å²) in [5, 5.41) is 9.19. The van der Waals surface area contributed by atoms with Crippen LogP contribution in [0.3, 0.4) is 0 Å². The number of aromatic nitrogens is 2. The molecule has 0 amide bonds. The van der Waals surface area contributed by atoms with Crippen molar-refractivity contribution in [1.82, 2.24) is 9.97 Å². The predicted octanol–water partition coefficient (Wildman–Crippen LogP) is 3.78. The monoisotopic (exact) mass is 377 g/mol. The van der Waals surface area contributed by atoms with E-state index >= 15 is 0 Å². The highest BCUT2D eigenvalue weighted by Gasteiger charge is 2.17. The fourth-order valence-corrected chi connectivity index (χ4v) is 2.75. The molecule has 0 aliphatic rings. The van der Waals surface area contributed by atoms with Crippen LogP contribution in [0.4, 0.5) is 28.7 Å². The van der Waals surface area contributed by atoms with Gasteiger partial charge in [-0.1, -0.05) is 0 Å². The van der Waals surface area contributed by atoms with Gasteiger partial charge in [0.05, 0.1) is 5.56 Å². The molecule has 0 aliphatic heterocycles. The Morgan fingerprint density at radius 3 is 1.61 bits per heavy atom. The van der Waals surface area contributed by atoms with Gasteiger partial charge >= 0.3 is 5.97 Å². The minimum Gasteiger partial charge on any atom is -0.478 e. The Bertz CT molecular complexity index is 919. The number of pyridine rings is 2. The molecule has 7 heteroatoms. The predicted molar refractivity (Wildman–Crippen MR) is 112 cm³/mol. The quantitative estimate of drug-likeness (QED) is 0.701. The van der Waals surface area contributed by atoms with Crippen molar-refractivity contribution in [2.75, 3.05) is 42.9 Å². The number of carbonyl (C=O) groups is 1. The van der Waals surface area contributed by atoms with Gasteiger partial charge in [-0.2, -0.15) is 0 Å². The molecule has 1 aromatic carbocycles. The molecule has 0 unspecified atom stereocenters. The second kappa shape index (κ2) is 7.96. The SMILES string of the molecule is CN(C)c1ccnc(N(c2ccc(C(=O)O)cc2)c2cc(N(C)C)ccn2)c1. The fourth-order valence-electron chi connectivity index (χ4n) is 2.75. The highest BCUT2D eigenvalue weighted by Crippen LogP contribution is 2.34. The standard InChI is InChI=1S/C21H23N5O2/c1-24(2)17-9-11-22-19(13-17)26(16-7-5-15(6-8-16)21(27)28)20-14-18(25(3)4)10-12-23-20/h5-14H,1-4H3,(H,27,28). The van der Waals surface area contributed by atoms with E-state index in [9.17, 15) is 9.90 Å². The summed E-state index contributed by atoms with van der Waals surface area (Å²) in [5.74, 6) is 0.425. The molecule has 28 heavy (non-hydrogen) atoms. The van der Waals surface area contributed by atoms with Crippen LogP contribution in [0.15, 0.2) is 60.9 Å². The number of carboxylic acids is 1. The number of carboxylic acid groups (broad SMARTS) is 1. The van der Waals surface area contributed by atoms with Gasteiger partial charge in [0.2, 0.25) is 0 Å². The summed E-state index contributed by atoms with van der Waals surface area (Å²) in [6, 6.07) is 14.5. The van der Waals surface area contributed by atoms with Gasteiger partial charge in [0.1, 0.15) is 11.6 Å². The summed E-state index contributed by atoms with van der Waals surface area (Å²) in [7, 11) is 7.87. The Kier molecular flexibility index (Phi) is 5.44. The third kappa shape index (κ3) is 4.03. The van der Waals surface area contributed by atoms with E-state index in [4.69, 9.17) is 0 Å². The van der Waals surface area contributed by atoms with Crippen molar-refractivity contribution in [3.8, 4) is 0 Å². The molecule has 2 aromatic heterocycles. The van der Waals surface area contributed by atoms with Crippen molar-refractivity contribution in [1.29, 1.82) is 0 Å². The minimum absolute atomic E-state index is 0.230. The van der Waals surface area contributed by atoms with Crippen molar-refractivity contribution in [2.24, 2.45) is 0 Å². The zero-order valence-corrected chi connectivity index (χ0v) is 16.4. The molecular weight excluding hydrogens is 354 g/mol. The highest BCUT2D eigenvalue weighted by molar-refractivity contribution is 5.88. The zero-order valence-electron chi connectivity index (χ0n) is 16.4. The van der Waals surface area contributed by atoms with Crippen LogP contribution in [0.5, 0.6) is 0 Å². The molecule has 2 heterocycles. The first kappa shape index (κ1) is 19.2. The maximum absolute atomic E-state index is 11.2. The maximum atomic E-state index is 11.2. The molecule has 0 saturated heterocycles. The van der Waals surface area contributed by atoms with Crippen LogP contribution in [0.1, 0.15) is 10.4 Å². The molecule has 3 rings (SSSR count). The number of anilines is 5. The molecular formula is C21H23N5O2. The van der Waals surface area contributed by atoms with Crippen molar-refractivity contribution in [2.45, 2.75) is 0 Å². The minimum atomic E-state index is -0.960. The van der Waals surface area contributed by atoms with Crippen LogP contribution in [0, 0.1) is 0 Å². The van der Waals surface area contributed by atoms with E-state index in [1.165, 1.54) is 0 Å². The molecule has 0 atom stereocenters. The normalized spacial score (nSPS) is 10.4. The molecule has 0 spiro atoms. The number of nitrogens with zero attached hydrogens (tertiary/aromatic N) is 5. The number of aromatic carboxylic acids is 1. The maximum Gasteiger partial charge on any atom is 0.335 e. The lowest BCUT2D eigenvalue weighted by Crippen LogP contribution is -2.16. The van der Waals surface area contributed by atoms with Gasteiger partial charge in [-0.3, -0.25) is 4.90 Å². The van der Waals surface area contributed by atoms with Gasteiger partial charge in [0.25, 0.3) is 0 Å². The van der Waals surface area contributed by atoms with Crippen LogP contribution in [-0.4, -0.2) is 49.2 Å². The summed E-state index contributed by atoms with van der Waals surface area (Å²) in [4.78, 5) is 26.2. The Hall–Kier alpha value is -3.61. The average molecular weight is 377 g/mol. The van der Waals surface area contributed by atoms with Crippen LogP contribution >= 0.6 is 0 Å². The number of hydrogen-bond donors (Lipinski definition) is 1. The van der Waals surface area contributed by atoms with Gasteiger partial charge in [-0.25, -0.2) is 14.8 Å². The van der Waals surface area contributed by atoms with Crippen molar-refractivity contribution < 1.29 is 9.90 Å². The molecule has 0 aliphatic carbocycles. The molecule has 144 valence electrons. The number of rotatable bonds is 6. The zero-order chi connectivity index (χ0) is 20.3. The smallest absolute Gasteiger partial charge is 0.335 e. The second-order valence-electron chi connectivity index (χ2n) is 6.72. The third-order valence-electron chi connectivity index (χ3n) is 4.32. The van der Waals surface area contributed by atoms with Gasteiger partial charge in [0.15, 0.2) is 0 Å². The molecule has 0 fully saturated rings. The van der Waals surface area contributed by atoms with Crippen molar-refractivity contribution in [3.05, 3.63) is 66.5 Å². The first-order chi connectivity index (χ1) is 13.4. The Labute approximate surface area is 164 Å². The van der Waals surface area contributed by atoms with E-state index in [1.807, 2.05) is 67.2 Å². The Morgan fingerprint density at radius 2 is 1.21 bits per heavy atom. The first-order valence-corrected chi connectivity index (χ1v) is 8.77. The summed E-state index contributed by atoms with van der Waals surface area (Å²) in [5.41, 5.74) is 3.01. The lowest BCUT2D eigenvalue weighted by molar-refractivity contribution is 0.0697. The Balaban J connectivity index is 2.15. The van der Waals surface area contributed by atoms with Crippen LogP contribution in [-0.2, 0) is 0 Å². The van der Waals surface area contributed by atoms with Crippen LogP contribution in [0.25, 0.3) is 0 Å². The molecule has 0 bridgehead atoms. The van der Waals surface area contributed by atoms with E-state index in [1.54, 1.807) is 36.7 Å². The largest absolute Gasteiger partial charge is 0.478 e. The fraction of sp³-hybridized carbons (Fsp3) is 0.190. The summed E-state index contributed by atoms with van der Waals surface area (Å²) in [6.45, 7) is 0. The van der Waals surface area contributed by atoms with E-state index in [-0.39, 0.29) is 5.56 Å². The molecule has 0 radical (unpaired) electrons. The van der Waals surface area contributed by atoms with Crippen molar-refractivity contribution >= 4 is 34.7 Å². The number of hydrogen-bond acceptors (Lipinski definition) is 6. The summed E-state index contributed by atoms with van der Waals surface area (Å²) < 4.78 is 0. The lowest BCUT2D eigenvalue weighted by atomic mass is 10.2. The van der Waals surface area contributed by atoms with Gasteiger partial charge < -0.3 is 14.9 Å². The molecule has 3 aromatic rings. The van der Waals surface area contributed by atoms with Gasteiger partial charge in [-0.05, 0) is 36.4 Å². The van der Waals surface area contributed by atoms with E-state index < -0.39 is 5.97 Å². The van der Waals surface area contributed by atoms with Crippen LogP contribution in [0.2, 0.25) is 0 Å². The van der Waals surface area contributed by atoms with Gasteiger partial charge in [-0.15, -0.1) is 0 Å². The van der Waals surface area contributed by atoms with E-state index in [2.05, 4.69) is 9.97 Å². The summed E-state index contributed by atoms with van der Waals surface area (Å²) in [6.07, 6.45) is 3.50. The molecule has 7 nitrogen and oxygen atoms in total. The topological polar surface area (TPSA) is 72.8 Å². The molecule has 1 N–H and O–H groups in total. The average Bonchev–Trinajstić information content (AvgIpc) is 2.69. The van der Waals surface area contributed by atoms with Crippen LogP contribution < -0.4 is 14.7 Å². The van der Waals surface area contributed by atoms with E-state index in [0.29, 0.717) is 11.6 Å². The lowest BCUT2D eigenvalue weighted by Gasteiger charge is -2.25. The summed E-state index contributed by atoms with van der Waals surface area (Å²) >= 11 is 0. The number of benzene rings is 1. The first-order valence-electron chi connectivity index (χ1n) is 8.77. The van der Waals surface area contributed by atoms with Gasteiger partial charge in [0, 0.05) is 69.8 Å². The molecule has 0 saturated carbocycles. The highest BCUT2D eigenvalue weighted by atomic mass is 16.4. The third-order valence-corrected chi connectivity index (χ3v) is 4.32. The van der Waals surface area contributed by atoms with Crippen molar-refractivity contribution in [3.63, 3.8) is 0 Å². The second-order valence-corrected chi connectivity index (χ2v) is 6.72.